The second kappa shape index (κ2) is 12.1. The van der Waals surface area contributed by atoms with Gasteiger partial charge in [0.05, 0.1) is 40.1 Å². The highest BCUT2D eigenvalue weighted by molar-refractivity contribution is 7.99. The van der Waals surface area contributed by atoms with Gasteiger partial charge in [-0.1, -0.05) is 0 Å². The van der Waals surface area contributed by atoms with Crippen molar-refractivity contribution in [1.29, 1.82) is 0 Å². The van der Waals surface area contributed by atoms with E-state index in [1.165, 1.54) is 0 Å². The van der Waals surface area contributed by atoms with Crippen LogP contribution >= 0.6 is 11.8 Å². The maximum atomic E-state index is 9.45. The molecule has 4 rings (SSSR count). The predicted molar refractivity (Wildman–Crippen MR) is 142 cm³/mol. The normalized spacial score (nSPS) is 17.0. The summed E-state index contributed by atoms with van der Waals surface area (Å²) < 4.78 is 29.3. The van der Waals surface area contributed by atoms with Crippen LogP contribution in [0.15, 0.2) is 59.5 Å². The van der Waals surface area contributed by atoms with E-state index in [1.807, 2.05) is 43.4 Å². The SMILES string of the molecule is CNc1ccc(OCCSc2ccc(O)cc2)c(C2CCC(c3cc(OC)c(OC)c(OC)c3)O2)c1. The average Bonchev–Trinajstić information content (AvgIpc) is 3.41. The van der Waals surface area contributed by atoms with Crippen molar-refractivity contribution < 1.29 is 28.8 Å². The Bertz CT molecular complexity index is 1130. The summed E-state index contributed by atoms with van der Waals surface area (Å²) in [5.41, 5.74) is 3.03. The second-order valence-electron chi connectivity index (χ2n) is 8.34. The van der Waals surface area contributed by atoms with Gasteiger partial charge in [-0.2, -0.15) is 0 Å². The lowest BCUT2D eigenvalue weighted by atomic mass is 10.0. The van der Waals surface area contributed by atoms with Gasteiger partial charge in [0, 0.05) is 28.9 Å². The quantitative estimate of drug-likeness (QED) is 0.232. The molecular weight excluding hydrogens is 478 g/mol. The first-order chi connectivity index (χ1) is 17.6. The molecule has 1 saturated heterocycles. The lowest BCUT2D eigenvalue weighted by Gasteiger charge is -2.20. The zero-order chi connectivity index (χ0) is 25.5. The Morgan fingerprint density at radius 2 is 1.58 bits per heavy atom. The molecule has 36 heavy (non-hydrogen) atoms. The zero-order valence-corrected chi connectivity index (χ0v) is 21.9. The molecule has 3 aromatic carbocycles. The Morgan fingerprint density at radius 1 is 0.889 bits per heavy atom. The van der Waals surface area contributed by atoms with Gasteiger partial charge in [-0.15, -0.1) is 11.8 Å². The fourth-order valence-electron chi connectivity index (χ4n) is 4.34. The van der Waals surface area contributed by atoms with Crippen LogP contribution in [0.3, 0.4) is 0 Å². The zero-order valence-electron chi connectivity index (χ0n) is 21.1. The van der Waals surface area contributed by atoms with E-state index in [0.29, 0.717) is 23.9 Å². The van der Waals surface area contributed by atoms with E-state index in [-0.39, 0.29) is 18.0 Å². The van der Waals surface area contributed by atoms with Crippen LogP contribution in [-0.4, -0.2) is 45.8 Å². The maximum absolute atomic E-state index is 9.45. The van der Waals surface area contributed by atoms with E-state index in [2.05, 4.69) is 11.4 Å². The smallest absolute Gasteiger partial charge is 0.203 e. The molecule has 0 bridgehead atoms. The number of phenols is 1. The summed E-state index contributed by atoms with van der Waals surface area (Å²) in [5.74, 6) is 3.69. The molecule has 0 spiro atoms. The van der Waals surface area contributed by atoms with E-state index in [0.717, 1.165) is 46.1 Å². The van der Waals surface area contributed by atoms with Gasteiger partial charge in [-0.05, 0) is 73.0 Å². The van der Waals surface area contributed by atoms with Crippen LogP contribution in [-0.2, 0) is 4.74 Å². The lowest BCUT2D eigenvalue weighted by Crippen LogP contribution is -2.07. The Morgan fingerprint density at radius 3 is 2.22 bits per heavy atom. The molecule has 192 valence electrons. The topological polar surface area (TPSA) is 78.4 Å². The van der Waals surface area contributed by atoms with Gasteiger partial charge in [-0.3, -0.25) is 0 Å². The molecule has 0 aromatic heterocycles. The minimum Gasteiger partial charge on any atom is -0.508 e. The third kappa shape index (κ3) is 5.94. The number of hydrogen-bond donors (Lipinski definition) is 2. The summed E-state index contributed by atoms with van der Waals surface area (Å²) >= 11 is 1.69. The molecule has 0 saturated carbocycles. The van der Waals surface area contributed by atoms with Crippen molar-refractivity contribution in [3.63, 3.8) is 0 Å². The Kier molecular flexibility index (Phi) is 8.72. The predicted octanol–water partition coefficient (Wildman–Crippen LogP) is 6.22. The summed E-state index contributed by atoms with van der Waals surface area (Å²) in [6.45, 7) is 0.556. The molecular formula is C28H33NO6S. The van der Waals surface area contributed by atoms with Gasteiger partial charge in [0.15, 0.2) is 11.5 Å². The molecule has 1 aliphatic heterocycles. The Labute approximate surface area is 216 Å². The Balaban J connectivity index is 1.47. The first-order valence-corrected chi connectivity index (χ1v) is 12.9. The largest absolute Gasteiger partial charge is 0.508 e. The van der Waals surface area contributed by atoms with Crippen molar-refractivity contribution in [1.82, 2.24) is 0 Å². The first kappa shape index (κ1) is 25.9. The number of phenolic OH excluding ortho intramolecular Hbond substituents is 1. The van der Waals surface area contributed by atoms with Crippen LogP contribution in [0.25, 0.3) is 0 Å². The van der Waals surface area contributed by atoms with Gasteiger partial charge in [0.2, 0.25) is 5.75 Å². The third-order valence-electron chi connectivity index (χ3n) is 6.17. The van der Waals surface area contributed by atoms with Crippen molar-refractivity contribution in [2.24, 2.45) is 0 Å². The van der Waals surface area contributed by atoms with Crippen molar-refractivity contribution in [3.8, 4) is 28.7 Å². The second-order valence-corrected chi connectivity index (χ2v) is 9.51. The standard InChI is InChI=1S/C28H33NO6S/c1-29-19-5-10-24(34-13-14-36-21-8-6-20(30)7-9-21)22(17-19)25-12-11-23(35-25)18-15-26(31-2)28(33-4)27(16-18)32-3/h5-10,15-17,23,25,29-30H,11-14H2,1-4H3. The van der Waals surface area contributed by atoms with Crippen molar-refractivity contribution in [2.75, 3.05) is 46.1 Å². The number of benzene rings is 3. The number of nitrogens with one attached hydrogen (secondary N) is 1. The van der Waals surface area contributed by atoms with Gasteiger partial charge in [0.25, 0.3) is 0 Å². The number of hydrogen-bond acceptors (Lipinski definition) is 8. The van der Waals surface area contributed by atoms with Crippen LogP contribution in [0.2, 0.25) is 0 Å². The summed E-state index contributed by atoms with van der Waals surface area (Å²) in [6, 6.07) is 17.2. The van der Waals surface area contributed by atoms with Crippen LogP contribution in [0.1, 0.15) is 36.2 Å². The van der Waals surface area contributed by atoms with Crippen LogP contribution in [0.5, 0.6) is 28.7 Å². The third-order valence-corrected chi connectivity index (χ3v) is 7.15. The molecule has 0 radical (unpaired) electrons. The fraction of sp³-hybridized carbons (Fsp3) is 0.357. The summed E-state index contributed by atoms with van der Waals surface area (Å²) in [5, 5.41) is 12.7. The Hall–Kier alpha value is -3.23. The highest BCUT2D eigenvalue weighted by atomic mass is 32.2. The summed E-state index contributed by atoms with van der Waals surface area (Å²) in [4.78, 5) is 1.09. The molecule has 3 aromatic rings. The van der Waals surface area contributed by atoms with Crippen LogP contribution in [0, 0.1) is 0 Å². The molecule has 0 amide bonds. The number of anilines is 1. The van der Waals surface area contributed by atoms with E-state index in [1.54, 1.807) is 45.2 Å². The minimum atomic E-state index is -0.0974. The summed E-state index contributed by atoms with van der Waals surface area (Å²) in [7, 11) is 6.74. The van der Waals surface area contributed by atoms with Gasteiger partial charge < -0.3 is 34.1 Å². The van der Waals surface area contributed by atoms with Crippen molar-refractivity contribution in [3.05, 3.63) is 65.7 Å². The van der Waals surface area contributed by atoms with Crippen molar-refractivity contribution in [2.45, 2.75) is 29.9 Å². The molecule has 1 aliphatic rings. The number of rotatable bonds is 11. The van der Waals surface area contributed by atoms with Crippen molar-refractivity contribution >= 4 is 17.4 Å². The molecule has 1 fully saturated rings. The fourth-order valence-corrected chi connectivity index (χ4v) is 5.07. The molecule has 2 unspecified atom stereocenters. The summed E-state index contributed by atoms with van der Waals surface area (Å²) in [6.07, 6.45) is 1.54. The lowest BCUT2D eigenvalue weighted by molar-refractivity contribution is 0.0422. The van der Waals surface area contributed by atoms with Gasteiger partial charge >= 0.3 is 0 Å². The molecule has 0 aliphatic carbocycles. The van der Waals surface area contributed by atoms with Crippen LogP contribution in [0.4, 0.5) is 5.69 Å². The molecule has 1 heterocycles. The highest BCUT2D eigenvalue weighted by Crippen LogP contribution is 2.47. The molecule has 8 heteroatoms. The van der Waals surface area contributed by atoms with Crippen LogP contribution < -0.4 is 24.3 Å². The van der Waals surface area contributed by atoms with E-state index in [4.69, 9.17) is 23.7 Å². The van der Waals surface area contributed by atoms with E-state index < -0.39 is 0 Å². The number of ether oxygens (including phenoxy) is 5. The van der Waals surface area contributed by atoms with Gasteiger partial charge in [-0.25, -0.2) is 0 Å². The highest BCUT2D eigenvalue weighted by Gasteiger charge is 2.31. The number of methoxy groups -OCH3 is 3. The molecule has 2 atom stereocenters. The monoisotopic (exact) mass is 511 g/mol. The maximum Gasteiger partial charge on any atom is 0.203 e. The van der Waals surface area contributed by atoms with E-state index >= 15 is 0 Å². The average molecular weight is 512 g/mol. The van der Waals surface area contributed by atoms with E-state index in [9.17, 15) is 5.11 Å². The number of thioether (sulfide) groups is 1. The van der Waals surface area contributed by atoms with Gasteiger partial charge in [0.1, 0.15) is 11.5 Å². The molecule has 2 N–H and O–H groups in total. The first-order valence-electron chi connectivity index (χ1n) is 11.9. The minimum absolute atomic E-state index is 0.0952. The molecule has 7 nitrogen and oxygen atoms in total. The number of aromatic hydroxyl groups is 1.